The lowest BCUT2D eigenvalue weighted by Crippen LogP contribution is -2.60. The Balaban J connectivity index is 1.38. The number of ether oxygens (including phenoxy) is 2. The molecule has 0 aromatic heterocycles. The minimum Gasteiger partial charge on any atom is -0.497 e. The fourth-order valence-electron chi connectivity index (χ4n) is 6.55. The van der Waals surface area contributed by atoms with Crippen molar-refractivity contribution in [3.63, 3.8) is 0 Å². The van der Waals surface area contributed by atoms with Crippen LogP contribution in [0.2, 0.25) is 5.02 Å². The van der Waals surface area contributed by atoms with Crippen LogP contribution in [0.4, 0.5) is 14.5 Å². The maximum atomic E-state index is 15.1. The Morgan fingerprint density at radius 3 is 1.98 bits per heavy atom. The van der Waals surface area contributed by atoms with Gasteiger partial charge in [-0.15, -0.1) is 0 Å². The summed E-state index contributed by atoms with van der Waals surface area (Å²) in [5.41, 5.74) is 2.30. The topological polar surface area (TPSA) is 101 Å². The van der Waals surface area contributed by atoms with Crippen LogP contribution in [0.1, 0.15) is 35.4 Å². The van der Waals surface area contributed by atoms with Crippen LogP contribution in [0.3, 0.4) is 0 Å². The highest BCUT2D eigenvalue weighted by Gasteiger charge is 2.58. The van der Waals surface area contributed by atoms with Gasteiger partial charge in [-0.1, -0.05) is 59.6 Å². The number of aliphatic imine (C=N–C) groups is 1. The van der Waals surface area contributed by atoms with Gasteiger partial charge in [0.05, 0.1) is 30.6 Å². The standard InChI is InChI=1S/C39H38Cl2F2N4O5S/c1-51-32-12-3-26(4-13-32)24-47(25-27-5-14-33(52-2)15-6-27)53(49,50)37-39(41,36(17-20-44-37)45-35-23-31(43)11-16-34(35)40)38(48)46-21-18-29(19-22-46)28-7-9-30(42)10-8-28/h3-17,20,23,29,37,45H,18-19,21-22,24-25H2,1-2H3. The Morgan fingerprint density at radius 2 is 1.43 bits per heavy atom. The number of piperidine rings is 1. The molecule has 1 N–H and O–H groups in total. The Bertz CT molecular complexity index is 2040. The molecule has 53 heavy (non-hydrogen) atoms. The number of anilines is 1. The molecule has 2 heterocycles. The number of rotatable bonds is 12. The Kier molecular flexibility index (Phi) is 11.7. The van der Waals surface area contributed by atoms with Gasteiger partial charge < -0.3 is 19.7 Å². The minimum atomic E-state index is -4.57. The van der Waals surface area contributed by atoms with Crippen molar-refractivity contribution in [3.05, 3.63) is 136 Å². The Labute approximate surface area is 317 Å². The molecule has 0 spiro atoms. The zero-order valence-electron chi connectivity index (χ0n) is 29.0. The number of likely N-dealkylation sites (tertiary alicyclic amines) is 1. The monoisotopic (exact) mass is 782 g/mol. The van der Waals surface area contributed by atoms with Crippen LogP contribution in [0.15, 0.2) is 108 Å². The third-order valence-corrected chi connectivity index (χ3v) is 12.6. The average molecular weight is 784 g/mol. The van der Waals surface area contributed by atoms with Gasteiger partial charge in [0.2, 0.25) is 14.9 Å². The predicted octanol–water partition coefficient (Wildman–Crippen LogP) is 7.76. The van der Waals surface area contributed by atoms with Gasteiger partial charge in [0.1, 0.15) is 23.1 Å². The first kappa shape index (κ1) is 38.2. The van der Waals surface area contributed by atoms with Crippen LogP contribution < -0.4 is 14.8 Å². The number of carbonyl (C=O) groups is 1. The normalized spacial score (nSPS) is 19.2. The summed E-state index contributed by atoms with van der Waals surface area (Å²) in [6.45, 7) is 0.329. The van der Waals surface area contributed by atoms with E-state index >= 15 is 8.42 Å². The summed E-state index contributed by atoms with van der Waals surface area (Å²) in [4.78, 5) is 18.4. The van der Waals surface area contributed by atoms with Crippen molar-refractivity contribution >= 4 is 51.0 Å². The largest absolute Gasteiger partial charge is 0.497 e. The molecule has 6 rings (SSSR count). The molecule has 0 aliphatic carbocycles. The number of alkyl halides is 1. The van der Waals surface area contributed by atoms with E-state index in [-0.39, 0.29) is 54.3 Å². The van der Waals surface area contributed by atoms with E-state index in [1.165, 1.54) is 60.0 Å². The van der Waals surface area contributed by atoms with Gasteiger partial charge >= 0.3 is 0 Å². The Hall–Kier alpha value is -4.49. The second-order valence-electron chi connectivity index (χ2n) is 12.8. The van der Waals surface area contributed by atoms with E-state index < -0.39 is 32.0 Å². The first-order valence-electron chi connectivity index (χ1n) is 16.9. The molecular formula is C39H38Cl2F2N4O5S. The second kappa shape index (κ2) is 16.3. The maximum Gasteiger partial charge on any atom is 0.253 e. The van der Waals surface area contributed by atoms with Crippen LogP contribution in [0, 0.1) is 11.6 Å². The number of methoxy groups -OCH3 is 2. The number of hydrogen-bond acceptors (Lipinski definition) is 7. The zero-order valence-corrected chi connectivity index (χ0v) is 31.3. The molecule has 4 aromatic rings. The predicted molar refractivity (Wildman–Crippen MR) is 203 cm³/mol. The SMILES string of the molecule is COc1ccc(CN(Cc2ccc(OC)cc2)S(=O)(=O)C2N=CC=C(Nc3cc(F)ccc3Cl)C2(Cl)C(=O)N2CCC(c3ccc(F)cc3)CC2)cc1. The summed E-state index contributed by atoms with van der Waals surface area (Å²) in [7, 11) is -1.50. The van der Waals surface area contributed by atoms with Crippen LogP contribution in [0.25, 0.3) is 0 Å². The summed E-state index contributed by atoms with van der Waals surface area (Å²) >= 11 is 13.9. The molecule has 1 fully saturated rings. The number of sulfonamides is 1. The first-order chi connectivity index (χ1) is 25.4. The van der Waals surface area contributed by atoms with E-state index in [0.29, 0.717) is 35.5 Å². The average Bonchev–Trinajstić information content (AvgIpc) is 3.17. The molecule has 2 aliphatic rings. The third kappa shape index (κ3) is 8.36. The second-order valence-corrected chi connectivity index (χ2v) is 15.8. The fourth-order valence-corrected chi connectivity index (χ4v) is 9.15. The van der Waals surface area contributed by atoms with Crippen LogP contribution in [-0.2, 0) is 27.9 Å². The number of nitrogens with one attached hydrogen (secondary N) is 1. The van der Waals surface area contributed by atoms with Crippen molar-refractivity contribution in [1.82, 2.24) is 9.21 Å². The first-order valence-corrected chi connectivity index (χ1v) is 19.1. The number of halogens is 4. The van der Waals surface area contributed by atoms with Crippen molar-refractivity contribution in [1.29, 1.82) is 0 Å². The molecule has 2 atom stereocenters. The zero-order chi connectivity index (χ0) is 37.8. The summed E-state index contributed by atoms with van der Waals surface area (Å²) < 4.78 is 70.0. The molecule has 278 valence electrons. The fraction of sp³-hybridized carbons (Fsp3) is 0.282. The lowest BCUT2D eigenvalue weighted by Gasteiger charge is -2.42. The molecule has 0 radical (unpaired) electrons. The number of allylic oxidation sites excluding steroid dienone is 1. The van der Waals surface area contributed by atoms with Crippen molar-refractivity contribution in [2.75, 3.05) is 32.6 Å². The van der Waals surface area contributed by atoms with Gasteiger partial charge in [0.25, 0.3) is 5.91 Å². The van der Waals surface area contributed by atoms with Gasteiger partial charge in [-0.25, -0.2) is 17.2 Å². The minimum absolute atomic E-state index is 0.0326. The molecule has 9 nitrogen and oxygen atoms in total. The lowest BCUT2D eigenvalue weighted by molar-refractivity contribution is -0.134. The van der Waals surface area contributed by atoms with Crippen LogP contribution in [0.5, 0.6) is 11.5 Å². The summed E-state index contributed by atoms with van der Waals surface area (Å²) in [6, 6.07) is 23.8. The van der Waals surface area contributed by atoms with E-state index in [4.69, 9.17) is 32.7 Å². The van der Waals surface area contributed by atoms with Crippen molar-refractivity contribution in [2.45, 2.75) is 42.1 Å². The Morgan fingerprint density at radius 1 is 0.887 bits per heavy atom. The molecule has 1 saturated heterocycles. The van der Waals surface area contributed by atoms with E-state index in [0.717, 1.165) is 11.6 Å². The highest BCUT2D eigenvalue weighted by Crippen LogP contribution is 2.42. The molecule has 2 aliphatic heterocycles. The molecule has 14 heteroatoms. The number of amides is 1. The lowest BCUT2D eigenvalue weighted by atomic mass is 9.88. The highest BCUT2D eigenvalue weighted by atomic mass is 35.5. The van der Waals surface area contributed by atoms with E-state index in [9.17, 15) is 13.6 Å². The summed E-state index contributed by atoms with van der Waals surface area (Å²) in [6.07, 6.45) is 3.74. The number of nitrogens with zero attached hydrogens (tertiary/aromatic N) is 3. The number of dihydropyridines is 1. The highest BCUT2D eigenvalue weighted by molar-refractivity contribution is 7.89. The molecule has 0 bridgehead atoms. The maximum absolute atomic E-state index is 15.1. The number of carbonyl (C=O) groups excluding carboxylic acids is 1. The van der Waals surface area contributed by atoms with Gasteiger partial charge in [0, 0.05) is 32.4 Å². The van der Waals surface area contributed by atoms with E-state index in [1.54, 1.807) is 60.7 Å². The van der Waals surface area contributed by atoms with Crippen molar-refractivity contribution < 1.29 is 31.5 Å². The number of benzene rings is 4. The van der Waals surface area contributed by atoms with Crippen molar-refractivity contribution in [3.8, 4) is 11.5 Å². The molecule has 0 saturated carbocycles. The molecule has 1 amide bonds. The van der Waals surface area contributed by atoms with Gasteiger partial charge in [-0.3, -0.25) is 9.79 Å². The van der Waals surface area contributed by atoms with E-state index in [2.05, 4.69) is 10.3 Å². The molecule has 2 unspecified atom stereocenters. The van der Waals surface area contributed by atoms with Crippen molar-refractivity contribution in [2.24, 2.45) is 4.99 Å². The quantitative estimate of drug-likeness (QED) is 0.148. The van der Waals surface area contributed by atoms with Crippen LogP contribution in [-0.4, -0.2) is 67.3 Å². The van der Waals surface area contributed by atoms with Gasteiger partial charge in [-0.05, 0) is 96.1 Å². The smallest absolute Gasteiger partial charge is 0.253 e. The summed E-state index contributed by atoms with van der Waals surface area (Å²) in [5.74, 6) is -0.387. The number of hydrogen-bond donors (Lipinski definition) is 1. The molecular weight excluding hydrogens is 745 g/mol. The third-order valence-electron chi connectivity index (χ3n) is 9.51. The van der Waals surface area contributed by atoms with Gasteiger partial charge in [-0.2, -0.15) is 4.31 Å². The van der Waals surface area contributed by atoms with Crippen LogP contribution >= 0.6 is 23.2 Å². The summed E-state index contributed by atoms with van der Waals surface area (Å²) in [5, 5.41) is 1.25. The molecule has 4 aromatic carbocycles. The van der Waals surface area contributed by atoms with E-state index in [1.807, 2.05) is 0 Å². The van der Waals surface area contributed by atoms with Gasteiger partial charge in [0.15, 0.2) is 5.37 Å².